The minimum absolute atomic E-state index is 0.269. The third kappa shape index (κ3) is 4.40. The second-order valence-electron chi connectivity index (χ2n) is 5.12. The Kier molecular flexibility index (Phi) is 5.64. The van der Waals surface area contributed by atoms with E-state index >= 15 is 0 Å². The van der Waals surface area contributed by atoms with E-state index in [9.17, 15) is 4.79 Å². The van der Waals surface area contributed by atoms with Crippen LogP contribution in [0.2, 0.25) is 0 Å². The monoisotopic (exact) mass is 271 g/mol. The van der Waals surface area contributed by atoms with Crippen molar-refractivity contribution in [3.8, 4) is 12.3 Å². The maximum absolute atomic E-state index is 11.8. The van der Waals surface area contributed by atoms with Crippen LogP contribution in [0.3, 0.4) is 0 Å². The highest BCUT2D eigenvalue weighted by Gasteiger charge is 2.12. The van der Waals surface area contributed by atoms with Crippen molar-refractivity contribution in [3.05, 3.63) is 35.4 Å². The van der Waals surface area contributed by atoms with Gasteiger partial charge < -0.3 is 4.74 Å². The lowest BCUT2D eigenvalue weighted by atomic mass is 10.1. The van der Waals surface area contributed by atoms with Crippen LogP contribution in [0, 0.1) is 12.3 Å². The molecule has 0 aromatic heterocycles. The molecule has 1 aromatic rings. The Morgan fingerprint density at radius 2 is 1.95 bits per heavy atom. The van der Waals surface area contributed by atoms with Gasteiger partial charge in [0.2, 0.25) is 0 Å². The summed E-state index contributed by atoms with van der Waals surface area (Å²) in [5.74, 6) is 2.26. The van der Waals surface area contributed by atoms with Crippen molar-refractivity contribution in [2.24, 2.45) is 0 Å². The van der Waals surface area contributed by atoms with E-state index in [1.807, 2.05) is 24.3 Å². The average molecular weight is 271 g/mol. The highest BCUT2D eigenvalue weighted by atomic mass is 16.5. The summed E-state index contributed by atoms with van der Waals surface area (Å²) >= 11 is 0. The van der Waals surface area contributed by atoms with Crippen LogP contribution in [0.5, 0.6) is 0 Å². The molecule has 0 atom stereocenters. The molecule has 0 bridgehead atoms. The fourth-order valence-electron chi connectivity index (χ4n) is 2.37. The van der Waals surface area contributed by atoms with Gasteiger partial charge in [0.05, 0.1) is 12.2 Å². The second-order valence-corrected chi connectivity index (χ2v) is 5.12. The molecular weight excluding hydrogens is 250 g/mol. The molecule has 1 aliphatic rings. The van der Waals surface area contributed by atoms with Crippen LogP contribution in [0.1, 0.15) is 41.6 Å². The lowest BCUT2D eigenvalue weighted by molar-refractivity contribution is 0.0502. The molecule has 0 unspecified atom stereocenters. The van der Waals surface area contributed by atoms with Gasteiger partial charge >= 0.3 is 5.97 Å². The van der Waals surface area contributed by atoms with E-state index in [4.69, 9.17) is 11.2 Å². The van der Waals surface area contributed by atoms with Gasteiger partial charge in [-0.3, -0.25) is 4.90 Å². The highest BCUT2D eigenvalue weighted by Crippen LogP contribution is 2.13. The molecule has 3 heteroatoms. The fourth-order valence-corrected chi connectivity index (χ4v) is 2.37. The van der Waals surface area contributed by atoms with Gasteiger partial charge in [0.15, 0.2) is 0 Å². The molecule has 0 amide bonds. The minimum Gasteiger partial charge on any atom is -0.462 e. The molecule has 1 fully saturated rings. The number of ether oxygens (including phenoxy) is 1. The zero-order valence-electron chi connectivity index (χ0n) is 11.8. The normalized spacial score (nSPS) is 14.9. The Balaban J connectivity index is 1.81. The predicted octanol–water partition coefficient (Wildman–Crippen LogP) is 2.85. The van der Waals surface area contributed by atoms with E-state index in [1.54, 1.807) is 0 Å². The van der Waals surface area contributed by atoms with Crippen LogP contribution in [0.15, 0.2) is 24.3 Å². The molecule has 1 heterocycles. The largest absolute Gasteiger partial charge is 0.462 e. The number of rotatable bonds is 6. The number of carbonyl (C=O) groups is 1. The van der Waals surface area contributed by atoms with Crippen molar-refractivity contribution in [2.45, 2.75) is 32.2 Å². The number of carbonyl (C=O) groups excluding carboxylic acids is 1. The topological polar surface area (TPSA) is 29.5 Å². The first-order valence-corrected chi connectivity index (χ1v) is 7.21. The summed E-state index contributed by atoms with van der Waals surface area (Å²) in [7, 11) is 0. The quantitative estimate of drug-likeness (QED) is 0.453. The third-order valence-corrected chi connectivity index (χ3v) is 3.49. The number of hydrogen-bond acceptors (Lipinski definition) is 3. The van der Waals surface area contributed by atoms with Crippen molar-refractivity contribution in [1.82, 2.24) is 4.90 Å². The van der Waals surface area contributed by atoms with Gasteiger partial charge in [0.1, 0.15) is 0 Å². The summed E-state index contributed by atoms with van der Waals surface area (Å²) < 4.78 is 5.16. The van der Waals surface area contributed by atoms with Gasteiger partial charge in [-0.2, -0.15) is 0 Å². The first-order valence-electron chi connectivity index (χ1n) is 7.21. The Morgan fingerprint density at radius 3 is 2.60 bits per heavy atom. The molecule has 0 radical (unpaired) electrons. The SMILES string of the molecule is C#CCCCOC(=O)c1ccc(CN2CCCC2)cc1. The highest BCUT2D eigenvalue weighted by molar-refractivity contribution is 5.89. The number of unbranched alkanes of at least 4 members (excludes halogenated alkanes) is 1. The van der Waals surface area contributed by atoms with Crippen LogP contribution >= 0.6 is 0 Å². The number of benzene rings is 1. The Hall–Kier alpha value is -1.79. The summed E-state index contributed by atoms with van der Waals surface area (Å²) in [5.41, 5.74) is 1.85. The summed E-state index contributed by atoms with van der Waals surface area (Å²) in [6.07, 6.45) is 9.09. The van der Waals surface area contributed by atoms with Crippen molar-refractivity contribution < 1.29 is 9.53 Å². The summed E-state index contributed by atoms with van der Waals surface area (Å²) in [4.78, 5) is 14.2. The summed E-state index contributed by atoms with van der Waals surface area (Å²) in [6, 6.07) is 7.70. The van der Waals surface area contributed by atoms with E-state index in [-0.39, 0.29) is 5.97 Å². The van der Waals surface area contributed by atoms with Crippen LogP contribution in [-0.2, 0) is 11.3 Å². The van der Waals surface area contributed by atoms with Crippen molar-refractivity contribution in [3.63, 3.8) is 0 Å². The summed E-state index contributed by atoms with van der Waals surface area (Å²) in [6.45, 7) is 3.72. The number of likely N-dealkylation sites (tertiary alicyclic amines) is 1. The predicted molar refractivity (Wildman–Crippen MR) is 79.3 cm³/mol. The van der Waals surface area contributed by atoms with Crippen LogP contribution in [0.25, 0.3) is 0 Å². The first kappa shape index (κ1) is 14.6. The molecule has 0 spiro atoms. The van der Waals surface area contributed by atoms with E-state index in [2.05, 4.69) is 10.8 Å². The molecule has 106 valence electrons. The number of esters is 1. The zero-order chi connectivity index (χ0) is 14.2. The maximum Gasteiger partial charge on any atom is 0.338 e. The number of terminal acetylenes is 1. The van der Waals surface area contributed by atoms with Gasteiger partial charge in [-0.15, -0.1) is 12.3 Å². The molecule has 1 aliphatic heterocycles. The third-order valence-electron chi connectivity index (χ3n) is 3.49. The first-order chi connectivity index (χ1) is 9.79. The lowest BCUT2D eigenvalue weighted by Crippen LogP contribution is -2.18. The van der Waals surface area contributed by atoms with Crippen molar-refractivity contribution >= 4 is 5.97 Å². The van der Waals surface area contributed by atoms with Gasteiger partial charge in [0, 0.05) is 13.0 Å². The maximum atomic E-state index is 11.8. The second kappa shape index (κ2) is 7.72. The standard InChI is InChI=1S/C17H21NO2/c1-2-3-6-13-20-17(19)16-9-7-15(8-10-16)14-18-11-4-5-12-18/h1,7-10H,3-6,11-14H2. The van der Waals surface area contributed by atoms with Crippen molar-refractivity contribution in [1.29, 1.82) is 0 Å². The molecule has 20 heavy (non-hydrogen) atoms. The Bertz CT molecular complexity index is 467. The summed E-state index contributed by atoms with van der Waals surface area (Å²) in [5, 5.41) is 0. The zero-order valence-corrected chi connectivity index (χ0v) is 11.8. The minimum atomic E-state index is -0.269. The Morgan fingerprint density at radius 1 is 1.25 bits per heavy atom. The lowest BCUT2D eigenvalue weighted by Gasteiger charge is -2.14. The van der Waals surface area contributed by atoms with Crippen LogP contribution in [-0.4, -0.2) is 30.6 Å². The molecule has 3 nitrogen and oxygen atoms in total. The van der Waals surface area contributed by atoms with E-state index in [0.717, 1.165) is 13.0 Å². The molecular formula is C17H21NO2. The van der Waals surface area contributed by atoms with Gasteiger partial charge in [0.25, 0.3) is 0 Å². The molecule has 1 saturated heterocycles. The van der Waals surface area contributed by atoms with Crippen LogP contribution < -0.4 is 0 Å². The molecule has 0 saturated carbocycles. The smallest absolute Gasteiger partial charge is 0.338 e. The molecule has 0 aliphatic carbocycles. The number of hydrogen-bond donors (Lipinski definition) is 0. The van der Waals surface area contributed by atoms with E-state index in [0.29, 0.717) is 18.6 Å². The molecule has 0 N–H and O–H groups in total. The Labute approximate surface area is 120 Å². The number of nitrogens with zero attached hydrogens (tertiary/aromatic N) is 1. The average Bonchev–Trinajstić information content (AvgIpc) is 2.97. The van der Waals surface area contributed by atoms with Gasteiger partial charge in [-0.1, -0.05) is 12.1 Å². The molecule has 2 rings (SSSR count). The van der Waals surface area contributed by atoms with Crippen LogP contribution in [0.4, 0.5) is 0 Å². The van der Waals surface area contributed by atoms with Gasteiger partial charge in [-0.25, -0.2) is 4.79 Å². The molecule has 1 aromatic carbocycles. The van der Waals surface area contributed by atoms with E-state index in [1.165, 1.54) is 31.5 Å². The van der Waals surface area contributed by atoms with E-state index < -0.39 is 0 Å². The van der Waals surface area contributed by atoms with Gasteiger partial charge in [-0.05, 0) is 50.0 Å². The van der Waals surface area contributed by atoms with Crippen molar-refractivity contribution in [2.75, 3.05) is 19.7 Å². The fraction of sp³-hybridized carbons (Fsp3) is 0.471.